The van der Waals surface area contributed by atoms with Crippen LogP contribution in [0.4, 0.5) is 5.69 Å². The molecule has 4 heteroatoms. The van der Waals surface area contributed by atoms with E-state index in [1.807, 2.05) is 0 Å². The Kier molecular flexibility index (Phi) is 0.887. The molecule has 10 heavy (non-hydrogen) atoms. The van der Waals surface area contributed by atoms with Crippen LogP contribution in [0.15, 0.2) is 21.9 Å². The minimum absolute atomic E-state index is 0.701. The van der Waals surface area contributed by atoms with Gasteiger partial charge in [0.1, 0.15) is 17.5 Å². The Balaban J connectivity index is 2.88. The van der Waals surface area contributed by atoms with Crippen molar-refractivity contribution in [2.24, 2.45) is 4.99 Å². The number of hydrogen-bond acceptors (Lipinski definition) is 3. The normalized spacial score (nSPS) is 10.4. The Morgan fingerprint density at radius 2 is 2.60 bits per heavy atom. The van der Waals surface area contributed by atoms with E-state index >= 15 is 0 Å². The molecular weight excluding hydrogens is 130 g/mol. The quantitative estimate of drug-likeness (QED) is 0.602. The highest BCUT2D eigenvalue weighted by Crippen LogP contribution is 2.24. The molecule has 0 amide bonds. The molecule has 0 aliphatic carbocycles. The molecule has 2 aromatic rings. The summed E-state index contributed by atoms with van der Waals surface area (Å²) in [5.74, 6) is 0. The summed E-state index contributed by atoms with van der Waals surface area (Å²) >= 11 is 0. The van der Waals surface area contributed by atoms with Crippen molar-refractivity contribution in [3.8, 4) is 0 Å². The van der Waals surface area contributed by atoms with Gasteiger partial charge in [-0.1, -0.05) is 0 Å². The molecule has 1 N–H and O–H groups in total. The average molecular weight is 135 g/mol. The van der Waals surface area contributed by atoms with E-state index in [1.165, 1.54) is 6.26 Å². The Labute approximate surface area is 56.6 Å². The molecule has 0 aromatic carbocycles. The second kappa shape index (κ2) is 1.70. The van der Waals surface area contributed by atoms with Gasteiger partial charge in [0.25, 0.3) is 0 Å². The Hall–Kier alpha value is -1.58. The smallest absolute Gasteiger partial charge is 0.173 e. The molecule has 50 valence electrons. The van der Waals surface area contributed by atoms with E-state index < -0.39 is 0 Å². The first-order chi connectivity index (χ1) is 4.92. The standard InChI is InChI=1S/C6H5N3O/c1-7-4-3-10-5-2-8-9-6(4)5/h2-3H,1H2,(H,8,9). The van der Waals surface area contributed by atoms with Crippen molar-refractivity contribution in [1.82, 2.24) is 10.2 Å². The maximum absolute atomic E-state index is 5.05. The number of furan rings is 1. The van der Waals surface area contributed by atoms with Crippen molar-refractivity contribution < 1.29 is 4.42 Å². The summed E-state index contributed by atoms with van der Waals surface area (Å²) in [6.07, 6.45) is 3.14. The van der Waals surface area contributed by atoms with Gasteiger partial charge in [0.05, 0.1) is 6.20 Å². The van der Waals surface area contributed by atoms with E-state index in [1.54, 1.807) is 6.20 Å². The van der Waals surface area contributed by atoms with Crippen LogP contribution in [0.3, 0.4) is 0 Å². The third kappa shape index (κ3) is 0.500. The molecule has 0 aliphatic rings. The molecule has 0 atom stereocenters. The van der Waals surface area contributed by atoms with Gasteiger partial charge in [-0.25, -0.2) is 0 Å². The Morgan fingerprint density at radius 1 is 1.70 bits per heavy atom. The fraction of sp³-hybridized carbons (Fsp3) is 0. The molecule has 0 spiro atoms. The van der Waals surface area contributed by atoms with Gasteiger partial charge in [-0.15, -0.1) is 0 Å². The zero-order valence-electron chi connectivity index (χ0n) is 5.16. The van der Waals surface area contributed by atoms with Gasteiger partial charge in [-0.3, -0.25) is 10.1 Å². The van der Waals surface area contributed by atoms with Crippen LogP contribution < -0.4 is 0 Å². The summed E-state index contributed by atoms with van der Waals surface area (Å²) in [6, 6.07) is 0. The van der Waals surface area contributed by atoms with Crippen LogP contribution in [0.25, 0.3) is 11.1 Å². The zero-order valence-corrected chi connectivity index (χ0v) is 5.16. The van der Waals surface area contributed by atoms with Crippen LogP contribution >= 0.6 is 0 Å². The Bertz CT molecular complexity index is 360. The van der Waals surface area contributed by atoms with Gasteiger partial charge in [-0.05, 0) is 6.72 Å². The minimum atomic E-state index is 0.701. The second-order valence-electron chi connectivity index (χ2n) is 1.89. The number of nitrogens with one attached hydrogen (secondary N) is 1. The highest BCUT2D eigenvalue weighted by atomic mass is 16.3. The van der Waals surface area contributed by atoms with Gasteiger partial charge in [0.15, 0.2) is 5.58 Å². The molecule has 2 aromatic heterocycles. The third-order valence-electron chi connectivity index (χ3n) is 1.33. The van der Waals surface area contributed by atoms with E-state index in [4.69, 9.17) is 4.42 Å². The molecule has 2 heterocycles. The van der Waals surface area contributed by atoms with Gasteiger partial charge in [-0.2, -0.15) is 5.10 Å². The van der Waals surface area contributed by atoms with Crippen molar-refractivity contribution in [3.63, 3.8) is 0 Å². The van der Waals surface area contributed by atoms with Crippen LogP contribution in [0, 0.1) is 0 Å². The first kappa shape index (κ1) is 5.22. The van der Waals surface area contributed by atoms with Crippen LogP contribution in [-0.4, -0.2) is 16.9 Å². The number of rotatable bonds is 1. The van der Waals surface area contributed by atoms with Gasteiger partial charge < -0.3 is 4.42 Å². The summed E-state index contributed by atoms with van der Waals surface area (Å²) in [6.45, 7) is 3.38. The van der Waals surface area contributed by atoms with Crippen molar-refractivity contribution >= 4 is 23.5 Å². The largest absolute Gasteiger partial charge is 0.459 e. The molecule has 2 rings (SSSR count). The van der Waals surface area contributed by atoms with Gasteiger partial charge in [0, 0.05) is 0 Å². The summed E-state index contributed by atoms with van der Waals surface area (Å²) in [5.41, 5.74) is 2.21. The monoisotopic (exact) mass is 135 g/mol. The summed E-state index contributed by atoms with van der Waals surface area (Å²) in [7, 11) is 0. The third-order valence-corrected chi connectivity index (χ3v) is 1.33. The molecule has 0 saturated heterocycles. The maximum atomic E-state index is 5.05. The molecular formula is C6H5N3O. The minimum Gasteiger partial charge on any atom is -0.459 e. The molecule has 0 bridgehead atoms. The number of aromatic amines is 1. The number of nitrogens with zero attached hydrogens (tertiary/aromatic N) is 2. The summed E-state index contributed by atoms with van der Waals surface area (Å²) < 4.78 is 5.05. The number of fused-ring (bicyclic) bond motifs is 1. The van der Waals surface area contributed by atoms with Crippen LogP contribution in [0.1, 0.15) is 0 Å². The van der Waals surface area contributed by atoms with E-state index in [2.05, 4.69) is 21.9 Å². The fourth-order valence-electron chi connectivity index (χ4n) is 0.843. The van der Waals surface area contributed by atoms with Crippen LogP contribution in [-0.2, 0) is 0 Å². The van der Waals surface area contributed by atoms with Gasteiger partial charge >= 0.3 is 0 Å². The average Bonchev–Trinajstić information content (AvgIpc) is 2.44. The maximum Gasteiger partial charge on any atom is 0.173 e. The van der Waals surface area contributed by atoms with Crippen molar-refractivity contribution in [3.05, 3.63) is 12.5 Å². The van der Waals surface area contributed by atoms with E-state index in [0.29, 0.717) is 11.3 Å². The first-order valence-electron chi connectivity index (χ1n) is 2.79. The lowest BCUT2D eigenvalue weighted by atomic mass is 10.4. The van der Waals surface area contributed by atoms with Crippen molar-refractivity contribution in [2.75, 3.05) is 0 Å². The predicted octanol–water partition coefficient (Wildman–Crippen LogP) is 1.49. The summed E-state index contributed by atoms with van der Waals surface area (Å²) in [4.78, 5) is 3.72. The highest BCUT2D eigenvalue weighted by molar-refractivity contribution is 5.84. The molecule has 0 aliphatic heterocycles. The Morgan fingerprint density at radius 3 is 3.40 bits per heavy atom. The summed E-state index contributed by atoms with van der Waals surface area (Å²) in [5, 5.41) is 6.50. The molecule has 0 unspecified atom stereocenters. The second-order valence-corrected chi connectivity index (χ2v) is 1.89. The SMILES string of the molecule is C=Nc1coc2cn[nH]c12. The molecule has 0 fully saturated rings. The number of aromatic nitrogens is 2. The van der Waals surface area contributed by atoms with Crippen LogP contribution in [0.2, 0.25) is 0 Å². The highest BCUT2D eigenvalue weighted by Gasteiger charge is 2.03. The van der Waals surface area contributed by atoms with E-state index in [-0.39, 0.29) is 0 Å². The van der Waals surface area contributed by atoms with E-state index in [9.17, 15) is 0 Å². The zero-order chi connectivity index (χ0) is 6.97. The lowest BCUT2D eigenvalue weighted by Gasteiger charge is -1.77. The topological polar surface area (TPSA) is 54.2 Å². The number of hydrogen-bond donors (Lipinski definition) is 1. The number of H-pyrrole nitrogens is 1. The fourth-order valence-corrected chi connectivity index (χ4v) is 0.843. The van der Waals surface area contributed by atoms with E-state index in [0.717, 1.165) is 5.52 Å². The van der Waals surface area contributed by atoms with Crippen molar-refractivity contribution in [1.29, 1.82) is 0 Å². The lowest BCUT2D eigenvalue weighted by molar-refractivity contribution is 0.616. The molecule has 4 nitrogen and oxygen atoms in total. The first-order valence-corrected chi connectivity index (χ1v) is 2.79. The molecule has 0 saturated carbocycles. The van der Waals surface area contributed by atoms with Gasteiger partial charge in [0.2, 0.25) is 0 Å². The molecule has 0 radical (unpaired) electrons. The lowest BCUT2D eigenvalue weighted by Crippen LogP contribution is -1.62. The van der Waals surface area contributed by atoms with Crippen molar-refractivity contribution in [2.45, 2.75) is 0 Å². The van der Waals surface area contributed by atoms with Crippen LogP contribution in [0.5, 0.6) is 0 Å². The predicted molar refractivity (Wildman–Crippen MR) is 37.6 cm³/mol. The number of aliphatic imine (C=N–C) groups is 1.